The first-order valence-corrected chi connectivity index (χ1v) is 6.46. The van der Waals surface area contributed by atoms with E-state index in [9.17, 15) is 4.79 Å². The molecule has 1 fully saturated rings. The van der Waals surface area contributed by atoms with E-state index < -0.39 is 0 Å². The number of thiophene rings is 1. The zero-order chi connectivity index (χ0) is 11.4. The van der Waals surface area contributed by atoms with Gasteiger partial charge in [0.25, 0.3) is 0 Å². The summed E-state index contributed by atoms with van der Waals surface area (Å²) >= 11 is 1.62. The van der Waals surface area contributed by atoms with Crippen LogP contribution in [-0.4, -0.2) is 23.9 Å². The van der Waals surface area contributed by atoms with Gasteiger partial charge in [0.05, 0.1) is 13.0 Å². The molecule has 0 atom stereocenters. The first-order chi connectivity index (χ1) is 7.79. The second-order valence-corrected chi connectivity index (χ2v) is 5.01. The molecule has 0 aromatic carbocycles. The van der Waals surface area contributed by atoms with E-state index in [0.717, 1.165) is 12.1 Å². The van der Waals surface area contributed by atoms with Gasteiger partial charge in [0.1, 0.15) is 0 Å². The summed E-state index contributed by atoms with van der Waals surface area (Å²) < 4.78 is 0. The van der Waals surface area contributed by atoms with E-state index in [1.54, 1.807) is 11.3 Å². The topological polar surface area (TPSA) is 20.3 Å². The Hall–Kier alpha value is -1.27. The van der Waals surface area contributed by atoms with Gasteiger partial charge in [-0.2, -0.15) is 11.3 Å². The largest absolute Gasteiger partial charge is 0.331 e. The molecule has 84 valence electrons. The quantitative estimate of drug-likeness (QED) is 0.714. The maximum absolute atomic E-state index is 12.0. The number of hydrogen-bond acceptors (Lipinski definition) is 2. The van der Waals surface area contributed by atoms with Crippen molar-refractivity contribution < 1.29 is 4.79 Å². The second kappa shape index (κ2) is 5.18. The number of nitrogens with zero attached hydrogens (tertiary/aromatic N) is 1. The van der Waals surface area contributed by atoms with Crippen LogP contribution >= 0.6 is 11.3 Å². The highest BCUT2D eigenvalue weighted by molar-refractivity contribution is 7.07. The summed E-state index contributed by atoms with van der Waals surface area (Å²) in [4.78, 5) is 13.8. The summed E-state index contributed by atoms with van der Waals surface area (Å²) in [5.74, 6) is 3.42. The van der Waals surface area contributed by atoms with Crippen LogP contribution in [0.1, 0.15) is 18.4 Å². The minimum atomic E-state index is 0.156. The van der Waals surface area contributed by atoms with Crippen molar-refractivity contribution in [1.82, 2.24) is 4.90 Å². The lowest BCUT2D eigenvalue weighted by atomic mass is 10.2. The lowest BCUT2D eigenvalue weighted by Gasteiger charge is -2.19. The zero-order valence-electron chi connectivity index (χ0n) is 9.19. The fourth-order valence-corrected chi connectivity index (χ4v) is 2.33. The van der Waals surface area contributed by atoms with Crippen molar-refractivity contribution in [1.29, 1.82) is 0 Å². The maximum atomic E-state index is 12.0. The third-order valence-electron chi connectivity index (χ3n) is 2.75. The molecule has 1 aliphatic carbocycles. The standard InChI is InChI=1S/C13H15NOS/c1-2-6-14(9-11-3-4-11)13(15)8-12-5-7-16-10-12/h1,5,7,10-11H,3-4,6,8-9H2. The van der Waals surface area contributed by atoms with Gasteiger partial charge in [-0.05, 0) is 41.1 Å². The predicted molar refractivity (Wildman–Crippen MR) is 66.2 cm³/mol. The van der Waals surface area contributed by atoms with Gasteiger partial charge in [0.15, 0.2) is 0 Å². The fourth-order valence-electron chi connectivity index (χ4n) is 1.66. The molecular formula is C13H15NOS. The molecule has 0 N–H and O–H groups in total. The molecule has 0 saturated heterocycles. The normalized spacial score (nSPS) is 14.4. The smallest absolute Gasteiger partial charge is 0.227 e. The molecule has 1 aromatic rings. The predicted octanol–water partition coefficient (Wildman–Crippen LogP) is 2.16. The minimum Gasteiger partial charge on any atom is -0.331 e. The number of terminal acetylenes is 1. The van der Waals surface area contributed by atoms with Crippen LogP contribution in [0.5, 0.6) is 0 Å². The Morgan fingerprint density at radius 3 is 3.00 bits per heavy atom. The third-order valence-corrected chi connectivity index (χ3v) is 3.48. The van der Waals surface area contributed by atoms with E-state index in [4.69, 9.17) is 6.42 Å². The van der Waals surface area contributed by atoms with Crippen molar-refractivity contribution in [3.63, 3.8) is 0 Å². The summed E-state index contributed by atoms with van der Waals surface area (Å²) in [5, 5.41) is 4.01. The lowest BCUT2D eigenvalue weighted by molar-refractivity contribution is -0.130. The van der Waals surface area contributed by atoms with Crippen LogP contribution < -0.4 is 0 Å². The third kappa shape index (κ3) is 3.11. The molecule has 1 saturated carbocycles. The Balaban J connectivity index is 1.90. The van der Waals surface area contributed by atoms with Gasteiger partial charge in [-0.1, -0.05) is 5.92 Å². The van der Waals surface area contributed by atoms with Crippen LogP contribution in [0.25, 0.3) is 0 Å². The molecule has 0 bridgehead atoms. The highest BCUT2D eigenvalue weighted by Crippen LogP contribution is 2.29. The van der Waals surface area contributed by atoms with Crippen molar-refractivity contribution in [2.45, 2.75) is 19.3 Å². The molecule has 0 radical (unpaired) electrons. The summed E-state index contributed by atoms with van der Waals surface area (Å²) in [6.07, 6.45) is 8.26. The van der Waals surface area contributed by atoms with Crippen LogP contribution in [0.4, 0.5) is 0 Å². The number of rotatable bonds is 5. The van der Waals surface area contributed by atoms with Crippen LogP contribution in [0.3, 0.4) is 0 Å². The van der Waals surface area contributed by atoms with Crippen molar-refractivity contribution >= 4 is 17.2 Å². The Morgan fingerprint density at radius 1 is 1.62 bits per heavy atom. The van der Waals surface area contributed by atoms with Crippen molar-refractivity contribution in [3.05, 3.63) is 22.4 Å². The number of amides is 1. The van der Waals surface area contributed by atoms with E-state index in [-0.39, 0.29) is 5.91 Å². The van der Waals surface area contributed by atoms with Crippen LogP contribution in [-0.2, 0) is 11.2 Å². The number of carbonyl (C=O) groups excluding carboxylic acids is 1. The highest BCUT2D eigenvalue weighted by Gasteiger charge is 2.26. The average Bonchev–Trinajstić information content (AvgIpc) is 2.94. The maximum Gasteiger partial charge on any atom is 0.227 e. The highest BCUT2D eigenvalue weighted by atomic mass is 32.1. The molecule has 0 aliphatic heterocycles. The second-order valence-electron chi connectivity index (χ2n) is 4.23. The molecule has 16 heavy (non-hydrogen) atoms. The molecule has 0 spiro atoms. The fraction of sp³-hybridized carbons (Fsp3) is 0.462. The van der Waals surface area contributed by atoms with Gasteiger partial charge >= 0.3 is 0 Å². The molecule has 2 nitrogen and oxygen atoms in total. The van der Waals surface area contributed by atoms with Crippen LogP contribution in [0.2, 0.25) is 0 Å². The molecule has 1 amide bonds. The lowest BCUT2D eigenvalue weighted by Crippen LogP contribution is -2.34. The average molecular weight is 233 g/mol. The van der Waals surface area contributed by atoms with Gasteiger partial charge < -0.3 is 4.90 Å². The van der Waals surface area contributed by atoms with E-state index in [2.05, 4.69) is 5.92 Å². The Kier molecular flexibility index (Phi) is 3.63. The Morgan fingerprint density at radius 2 is 2.44 bits per heavy atom. The first-order valence-electron chi connectivity index (χ1n) is 5.52. The van der Waals surface area contributed by atoms with Crippen molar-refractivity contribution in [2.24, 2.45) is 5.92 Å². The molecule has 1 heterocycles. The van der Waals surface area contributed by atoms with Crippen molar-refractivity contribution in [3.8, 4) is 12.3 Å². The van der Waals surface area contributed by atoms with Gasteiger partial charge in [0.2, 0.25) is 5.91 Å². The van der Waals surface area contributed by atoms with E-state index in [0.29, 0.717) is 18.9 Å². The minimum absolute atomic E-state index is 0.156. The van der Waals surface area contributed by atoms with Crippen LogP contribution in [0, 0.1) is 18.3 Å². The summed E-state index contributed by atoms with van der Waals surface area (Å²) in [7, 11) is 0. The van der Waals surface area contributed by atoms with E-state index >= 15 is 0 Å². The summed E-state index contributed by atoms with van der Waals surface area (Å²) in [5.41, 5.74) is 1.09. The van der Waals surface area contributed by atoms with Gasteiger partial charge in [-0.3, -0.25) is 4.79 Å². The number of hydrogen-bond donors (Lipinski definition) is 0. The zero-order valence-corrected chi connectivity index (χ0v) is 10.0. The number of carbonyl (C=O) groups is 1. The molecular weight excluding hydrogens is 218 g/mol. The monoisotopic (exact) mass is 233 g/mol. The molecule has 0 unspecified atom stereocenters. The summed E-state index contributed by atoms with van der Waals surface area (Å²) in [6.45, 7) is 1.28. The Labute approximate surface area is 100 Å². The SMILES string of the molecule is C#CCN(CC1CC1)C(=O)Cc1ccsc1. The van der Waals surface area contributed by atoms with Crippen LogP contribution in [0.15, 0.2) is 16.8 Å². The van der Waals surface area contributed by atoms with Crippen molar-refractivity contribution in [2.75, 3.05) is 13.1 Å². The molecule has 3 heteroatoms. The molecule has 1 aromatic heterocycles. The summed E-state index contributed by atoms with van der Waals surface area (Å²) in [6, 6.07) is 1.99. The first kappa shape index (κ1) is 11.2. The molecule has 1 aliphatic rings. The van der Waals surface area contributed by atoms with E-state index in [1.807, 2.05) is 21.7 Å². The van der Waals surface area contributed by atoms with Gasteiger partial charge in [-0.15, -0.1) is 6.42 Å². The van der Waals surface area contributed by atoms with Gasteiger partial charge in [0, 0.05) is 6.54 Å². The van der Waals surface area contributed by atoms with E-state index in [1.165, 1.54) is 12.8 Å². The Bertz CT molecular complexity index is 387. The van der Waals surface area contributed by atoms with Gasteiger partial charge in [-0.25, -0.2) is 0 Å². The molecule has 2 rings (SSSR count).